The maximum absolute atomic E-state index is 13.3. The first-order chi connectivity index (χ1) is 27.0. The van der Waals surface area contributed by atoms with Crippen molar-refractivity contribution >= 4 is 17.9 Å². The van der Waals surface area contributed by atoms with Crippen LogP contribution in [0, 0.1) is 11.8 Å². The van der Waals surface area contributed by atoms with E-state index in [1.54, 1.807) is 19.5 Å². The number of imidazole rings is 2. The zero-order valence-electron chi connectivity index (χ0n) is 33.0. The molecule has 2 aromatic carbocycles. The number of carbonyl (C=O) groups is 3. The Morgan fingerprint density at radius 3 is 1.50 bits per heavy atom. The molecule has 4 atom stereocenters. The van der Waals surface area contributed by atoms with Gasteiger partial charge in [-0.25, -0.2) is 14.8 Å². The Kier molecular flexibility index (Phi) is 15.1. The van der Waals surface area contributed by atoms with E-state index in [2.05, 4.69) is 53.3 Å². The molecule has 1 aliphatic heterocycles. The lowest BCUT2D eigenvalue weighted by Crippen LogP contribution is -2.55. The number of hydrogen-bond acceptors (Lipinski definition) is 11. The van der Waals surface area contributed by atoms with E-state index in [1.165, 1.54) is 14.2 Å². The number of H-pyrrole nitrogens is 2. The van der Waals surface area contributed by atoms with Crippen LogP contribution in [0.2, 0.25) is 0 Å². The van der Waals surface area contributed by atoms with Gasteiger partial charge in [0.05, 0.1) is 49.0 Å². The molecule has 0 spiro atoms. The highest BCUT2D eigenvalue weighted by molar-refractivity contribution is 5.86. The fourth-order valence-corrected chi connectivity index (χ4v) is 6.20. The first kappa shape index (κ1) is 42.0. The van der Waals surface area contributed by atoms with Crippen LogP contribution in [0.5, 0.6) is 0 Å². The van der Waals surface area contributed by atoms with E-state index in [9.17, 15) is 14.4 Å². The number of aromatic nitrogens is 4. The Bertz CT molecular complexity index is 1860. The number of alkyl carbamates (subject to hydrolysis) is 1. The number of nitrogens with zero attached hydrogens (tertiary/aromatic N) is 2. The molecule has 1 saturated heterocycles. The minimum absolute atomic E-state index is 0.00465. The number of hydrogen-bond donors (Lipinski definition) is 6. The van der Waals surface area contributed by atoms with E-state index in [-0.39, 0.29) is 49.5 Å². The van der Waals surface area contributed by atoms with Crippen molar-refractivity contribution in [3.05, 3.63) is 72.6 Å². The summed E-state index contributed by atoms with van der Waals surface area (Å²) in [5, 5.41) is 11.8. The molecule has 0 aliphatic carbocycles. The van der Waals surface area contributed by atoms with Crippen LogP contribution in [0.3, 0.4) is 0 Å². The van der Waals surface area contributed by atoms with Crippen LogP contribution in [0.4, 0.5) is 4.79 Å². The fraction of sp³-hybridized carbons (Fsp3) is 0.475. The maximum Gasteiger partial charge on any atom is 0.407 e. The highest BCUT2D eigenvalue weighted by atomic mass is 16.9. The maximum atomic E-state index is 13.3. The second-order valence-corrected chi connectivity index (χ2v) is 14.2. The number of rotatable bonds is 20. The molecule has 0 radical (unpaired) electrons. The summed E-state index contributed by atoms with van der Waals surface area (Å²) in [5.74, 6) is 0.786. The molecule has 6 N–H and O–H groups in total. The average Bonchev–Trinajstić information content (AvgIpc) is 3.88. The SMILES string of the molecule is COCC[C@H](NC(=O)OC)C(=O)N[C@H](c1ncc(-c2ccc(-c3ccc(-c4cnc([C@@H](NC(=O)[C@H](CCOC)NC5OCO5)C(C)C)[nH]4)cc3)cc2)[nH]1)C(C)C. The van der Waals surface area contributed by atoms with E-state index in [4.69, 9.17) is 23.7 Å². The molecule has 56 heavy (non-hydrogen) atoms. The third-order valence-electron chi connectivity index (χ3n) is 9.54. The smallest absolute Gasteiger partial charge is 0.407 e. The monoisotopic (exact) mass is 774 g/mol. The average molecular weight is 775 g/mol. The molecule has 3 amide bonds. The molecule has 2 aromatic heterocycles. The third kappa shape index (κ3) is 11.0. The van der Waals surface area contributed by atoms with Gasteiger partial charge in [-0.1, -0.05) is 76.2 Å². The lowest BCUT2D eigenvalue weighted by molar-refractivity contribution is -0.335. The van der Waals surface area contributed by atoms with Crippen molar-refractivity contribution in [1.82, 2.24) is 41.2 Å². The Balaban J connectivity index is 1.23. The predicted molar refractivity (Wildman–Crippen MR) is 209 cm³/mol. The molecule has 0 bridgehead atoms. The first-order valence-corrected chi connectivity index (χ1v) is 18.7. The van der Waals surface area contributed by atoms with Crippen LogP contribution in [0.25, 0.3) is 33.6 Å². The Morgan fingerprint density at radius 2 is 1.11 bits per heavy atom. The summed E-state index contributed by atoms with van der Waals surface area (Å²) in [6, 6.07) is 14.2. The van der Waals surface area contributed by atoms with E-state index >= 15 is 0 Å². The van der Waals surface area contributed by atoms with E-state index in [1.807, 2.05) is 64.1 Å². The van der Waals surface area contributed by atoms with Gasteiger partial charge in [-0.2, -0.15) is 0 Å². The van der Waals surface area contributed by atoms with Crippen molar-refractivity contribution in [2.45, 2.75) is 71.1 Å². The lowest BCUT2D eigenvalue weighted by Gasteiger charge is -2.32. The summed E-state index contributed by atoms with van der Waals surface area (Å²) in [7, 11) is 4.38. The quantitative estimate of drug-likeness (QED) is 0.0720. The standard InChI is InChI=1S/C40H54N8O8/c1-23(2)33(47-37(49)29(16-18-52-5)45-39(51)54-7)35-41-20-31(43-35)27-12-8-25(9-13-27)26-10-14-28(15-11-26)32-21-42-36(44-32)34(24(3)4)48-38(50)30(17-19-53-6)46-40-55-22-56-40/h8-15,20-21,23-24,29-30,33-34,40,46H,16-19,22H2,1-7H3,(H,41,43)(H,42,44)(H,45,51)(H,47,49)(H,48,50)/t29-,30-,33-,34-/m0/s1. The second kappa shape index (κ2) is 20.2. The van der Waals surface area contributed by atoms with Gasteiger partial charge in [0.25, 0.3) is 0 Å². The number of carbonyl (C=O) groups excluding carboxylic acids is 3. The van der Waals surface area contributed by atoms with Gasteiger partial charge >= 0.3 is 6.09 Å². The molecule has 3 heterocycles. The molecule has 0 saturated carbocycles. The second-order valence-electron chi connectivity index (χ2n) is 14.2. The number of amides is 3. The van der Waals surface area contributed by atoms with E-state index in [0.717, 1.165) is 33.6 Å². The molecule has 16 heteroatoms. The summed E-state index contributed by atoms with van der Waals surface area (Å²) < 4.78 is 25.6. The molecule has 16 nitrogen and oxygen atoms in total. The predicted octanol–water partition coefficient (Wildman–Crippen LogP) is 4.80. The Morgan fingerprint density at radius 1 is 0.679 bits per heavy atom. The van der Waals surface area contributed by atoms with Crippen LogP contribution in [-0.4, -0.2) is 97.7 Å². The lowest BCUT2D eigenvalue weighted by atomic mass is 10.0. The fourth-order valence-electron chi connectivity index (χ4n) is 6.20. The zero-order chi connectivity index (χ0) is 40.2. The molecule has 4 aromatic rings. The minimum Gasteiger partial charge on any atom is -0.453 e. The molecular weight excluding hydrogens is 720 g/mol. The number of ether oxygens (including phenoxy) is 5. The zero-order valence-corrected chi connectivity index (χ0v) is 33.0. The first-order valence-electron chi connectivity index (χ1n) is 18.7. The summed E-state index contributed by atoms with van der Waals surface area (Å²) >= 11 is 0. The molecule has 1 fully saturated rings. The van der Waals surface area contributed by atoms with Crippen LogP contribution in [-0.2, 0) is 33.3 Å². The summed E-state index contributed by atoms with van der Waals surface area (Å²) in [6.45, 7) is 8.93. The molecular formula is C40H54N8O8. The number of benzene rings is 2. The molecule has 1 aliphatic rings. The number of nitrogens with one attached hydrogen (secondary N) is 6. The van der Waals surface area contributed by atoms with Crippen molar-refractivity contribution in [3.8, 4) is 33.6 Å². The van der Waals surface area contributed by atoms with Crippen molar-refractivity contribution in [2.24, 2.45) is 11.8 Å². The highest BCUT2D eigenvalue weighted by Crippen LogP contribution is 2.29. The third-order valence-corrected chi connectivity index (χ3v) is 9.54. The normalized spacial score (nSPS) is 15.2. The summed E-state index contributed by atoms with van der Waals surface area (Å²) in [6.07, 6.45) is 2.96. The van der Waals surface area contributed by atoms with Gasteiger partial charge in [0.1, 0.15) is 17.7 Å². The van der Waals surface area contributed by atoms with Gasteiger partial charge in [0.2, 0.25) is 18.2 Å². The van der Waals surface area contributed by atoms with E-state index < -0.39 is 30.6 Å². The van der Waals surface area contributed by atoms with Gasteiger partial charge in [-0.05, 0) is 40.5 Å². The van der Waals surface area contributed by atoms with Crippen LogP contribution in [0.15, 0.2) is 60.9 Å². The highest BCUT2D eigenvalue weighted by Gasteiger charge is 2.31. The molecule has 5 rings (SSSR count). The number of methoxy groups -OCH3 is 3. The van der Waals surface area contributed by atoms with Crippen molar-refractivity contribution in [1.29, 1.82) is 0 Å². The van der Waals surface area contributed by atoms with Crippen molar-refractivity contribution in [3.63, 3.8) is 0 Å². The molecule has 302 valence electrons. The Labute approximate surface area is 327 Å². The van der Waals surface area contributed by atoms with Crippen LogP contribution >= 0.6 is 0 Å². The van der Waals surface area contributed by atoms with Crippen LogP contribution < -0.4 is 21.3 Å². The summed E-state index contributed by atoms with van der Waals surface area (Å²) in [5.41, 5.74) is 5.61. The number of aromatic amines is 2. The van der Waals surface area contributed by atoms with E-state index in [0.29, 0.717) is 24.7 Å². The van der Waals surface area contributed by atoms with Crippen molar-refractivity contribution < 1.29 is 38.1 Å². The van der Waals surface area contributed by atoms with Gasteiger partial charge in [0.15, 0.2) is 6.79 Å². The topological polar surface area (TPSA) is 203 Å². The molecule has 0 unspecified atom stereocenters. The van der Waals surface area contributed by atoms with Crippen molar-refractivity contribution in [2.75, 3.05) is 41.3 Å². The van der Waals surface area contributed by atoms with Gasteiger partial charge in [-0.15, -0.1) is 0 Å². The van der Waals surface area contributed by atoms with Gasteiger partial charge < -0.3 is 49.6 Å². The van der Waals surface area contributed by atoms with Gasteiger partial charge in [0, 0.05) is 33.9 Å². The summed E-state index contributed by atoms with van der Waals surface area (Å²) in [4.78, 5) is 54.4. The minimum atomic E-state index is -0.829. The van der Waals surface area contributed by atoms with Gasteiger partial charge in [-0.3, -0.25) is 14.9 Å². The Hall–Kier alpha value is -5.13. The van der Waals surface area contributed by atoms with Crippen LogP contribution in [0.1, 0.15) is 64.3 Å². The largest absolute Gasteiger partial charge is 0.453 e.